The summed E-state index contributed by atoms with van der Waals surface area (Å²) in [6.45, 7) is 9.75. The molecule has 2 aliphatic heterocycles. The van der Waals surface area contributed by atoms with Crippen LogP contribution in [0, 0.1) is 5.41 Å². The Kier molecular flexibility index (Phi) is 8.49. The van der Waals surface area contributed by atoms with Gasteiger partial charge in [0, 0.05) is 29.7 Å². The zero-order valence-electron chi connectivity index (χ0n) is 15.1. The van der Waals surface area contributed by atoms with Crippen molar-refractivity contribution in [3.8, 4) is 5.75 Å². The fraction of sp³-hybridized carbons (Fsp3) is 0.684. The van der Waals surface area contributed by atoms with Gasteiger partial charge in [-0.3, -0.25) is 4.90 Å². The molecule has 0 atom stereocenters. The Bertz CT molecular complexity index is 538. The van der Waals surface area contributed by atoms with Crippen molar-refractivity contribution in [1.29, 1.82) is 0 Å². The maximum Gasteiger partial charge on any atom is 0.123 e. The van der Waals surface area contributed by atoms with Crippen molar-refractivity contribution < 1.29 is 9.47 Å². The number of nitrogens with one attached hydrogen (secondary N) is 1. The minimum atomic E-state index is 0. The summed E-state index contributed by atoms with van der Waals surface area (Å²) in [4.78, 5) is 2.60. The van der Waals surface area contributed by atoms with Crippen LogP contribution in [0.15, 0.2) is 22.7 Å². The number of hydrogen-bond acceptors (Lipinski definition) is 4. The van der Waals surface area contributed by atoms with Gasteiger partial charge in [-0.25, -0.2) is 0 Å². The third kappa shape index (κ3) is 5.83. The molecule has 0 aliphatic carbocycles. The molecule has 2 saturated heterocycles. The van der Waals surface area contributed by atoms with Crippen LogP contribution < -0.4 is 10.1 Å². The zero-order valence-corrected chi connectivity index (χ0v) is 17.5. The number of rotatable bonds is 7. The van der Waals surface area contributed by atoms with Crippen LogP contribution in [0.4, 0.5) is 0 Å². The van der Waals surface area contributed by atoms with Crippen molar-refractivity contribution >= 4 is 28.3 Å². The molecule has 2 aliphatic rings. The Balaban J connectivity index is 0.00000225. The summed E-state index contributed by atoms with van der Waals surface area (Å²) in [5.41, 5.74) is 1.82. The molecule has 0 saturated carbocycles. The molecule has 1 N–H and O–H groups in total. The van der Waals surface area contributed by atoms with Gasteiger partial charge in [-0.05, 0) is 69.4 Å². The van der Waals surface area contributed by atoms with E-state index < -0.39 is 0 Å². The molecular weight excluding hydrogens is 404 g/mol. The Hall–Kier alpha value is -0.330. The molecule has 1 aromatic rings. The summed E-state index contributed by atoms with van der Waals surface area (Å²) < 4.78 is 12.5. The summed E-state index contributed by atoms with van der Waals surface area (Å²) in [6, 6.07) is 6.32. The minimum absolute atomic E-state index is 0. The van der Waals surface area contributed by atoms with Crippen molar-refractivity contribution in [2.24, 2.45) is 5.41 Å². The molecule has 2 heterocycles. The minimum Gasteiger partial charge on any atom is -0.491 e. The van der Waals surface area contributed by atoms with E-state index in [0.29, 0.717) is 18.6 Å². The fourth-order valence-corrected chi connectivity index (χ4v) is 4.34. The van der Waals surface area contributed by atoms with Gasteiger partial charge >= 0.3 is 0 Å². The first-order chi connectivity index (χ1) is 11.7. The Labute approximate surface area is 166 Å². The molecule has 3 rings (SSSR count). The molecule has 1 spiro atoms. The number of likely N-dealkylation sites (tertiary alicyclic amines) is 1. The molecule has 1 aromatic carbocycles. The predicted octanol–water partition coefficient (Wildman–Crippen LogP) is 3.86. The van der Waals surface area contributed by atoms with E-state index in [2.05, 4.69) is 44.3 Å². The second-order valence-corrected chi connectivity index (χ2v) is 7.92. The molecule has 4 nitrogen and oxygen atoms in total. The first kappa shape index (κ1) is 21.0. The zero-order chi connectivity index (χ0) is 16.8. The van der Waals surface area contributed by atoms with Crippen molar-refractivity contribution in [3.05, 3.63) is 28.2 Å². The molecule has 0 bridgehead atoms. The van der Waals surface area contributed by atoms with E-state index in [0.717, 1.165) is 23.4 Å². The van der Waals surface area contributed by atoms with Crippen LogP contribution in [0.1, 0.15) is 31.7 Å². The van der Waals surface area contributed by atoms with Gasteiger partial charge in [0.25, 0.3) is 0 Å². The van der Waals surface area contributed by atoms with E-state index in [9.17, 15) is 0 Å². The topological polar surface area (TPSA) is 33.7 Å². The highest BCUT2D eigenvalue weighted by Crippen LogP contribution is 2.39. The van der Waals surface area contributed by atoms with Gasteiger partial charge in [-0.15, -0.1) is 12.4 Å². The summed E-state index contributed by atoms with van der Waals surface area (Å²) in [5.74, 6) is 0.990. The molecule has 0 radical (unpaired) electrons. The van der Waals surface area contributed by atoms with Gasteiger partial charge in [0.15, 0.2) is 0 Å². The number of ether oxygens (including phenoxy) is 2. The lowest BCUT2D eigenvalue weighted by molar-refractivity contribution is 0.109. The lowest BCUT2D eigenvalue weighted by atomic mass is 9.78. The van der Waals surface area contributed by atoms with Crippen LogP contribution >= 0.6 is 28.3 Å². The largest absolute Gasteiger partial charge is 0.491 e. The third-order valence-corrected chi connectivity index (χ3v) is 5.78. The highest BCUT2D eigenvalue weighted by Gasteiger charge is 2.38. The van der Waals surface area contributed by atoms with Gasteiger partial charge in [0.1, 0.15) is 12.4 Å². The summed E-state index contributed by atoms with van der Waals surface area (Å²) in [7, 11) is 0. The number of piperidine rings is 1. The van der Waals surface area contributed by atoms with Crippen molar-refractivity contribution in [1.82, 2.24) is 10.2 Å². The van der Waals surface area contributed by atoms with Crippen molar-refractivity contribution in [2.45, 2.75) is 32.7 Å². The monoisotopic (exact) mass is 432 g/mol. The van der Waals surface area contributed by atoms with Crippen molar-refractivity contribution in [2.75, 3.05) is 46.0 Å². The smallest absolute Gasteiger partial charge is 0.123 e. The quantitative estimate of drug-likeness (QED) is 0.662. The predicted molar refractivity (Wildman–Crippen MR) is 108 cm³/mol. The lowest BCUT2D eigenvalue weighted by Gasteiger charge is -2.34. The molecule has 0 aromatic heterocycles. The average molecular weight is 434 g/mol. The van der Waals surface area contributed by atoms with E-state index >= 15 is 0 Å². The van der Waals surface area contributed by atoms with E-state index in [1.165, 1.54) is 51.0 Å². The number of benzene rings is 1. The Morgan fingerprint density at radius 3 is 2.76 bits per heavy atom. The van der Waals surface area contributed by atoms with E-state index in [1.54, 1.807) is 0 Å². The second kappa shape index (κ2) is 10.1. The first-order valence-corrected chi connectivity index (χ1v) is 9.92. The van der Waals surface area contributed by atoms with Crippen LogP contribution in [0.5, 0.6) is 5.75 Å². The standard InChI is InChI=1S/C19H29BrN2O2.ClH/c1-2-23-11-12-24-18-4-3-17(20)13-16(18)14-22-10-7-19(15-22)5-8-21-9-6-19;/h3-4,13,21H,2,5-12,14-15H2,1H3;1H. The van der Waals surface area contributed by atoms with Gasteiger partial charge in [-0.2, -0.15) is 0 Å². The molecule has 0 amide bonds. The average Bonchev–Trinajstić information content (AvgIpc) is 2.96. The van der Waals surface area contributed by atoms with E-state index in [1.807, 2.05) is 6.92 Å². The van der Waals surface area contributed by atoms with E-state index in [4.69, 9.17) is 9.47 Å². The maximum absolute atomic E-state index is 5.96. The molecule has 6 heteroatoms. The van der Waals surface area contributed by atoms with Crippen LogP contribution in [-0.4, -0.2) is 50.9 Å². The number of nitrogens with zero attached hydrogens (tertiary/aromatic N) is 1. The SMILES string of the molecule is CCOCCOc1ccc(Br)cc1CN1CCC2(CCNCC2)C1.Cl. The number of halogens is 2. The third-order valence-electron chi connectivity index (χ3n) is 5.29. The Morgan fingerprint density at radius 1 is 1.20 bits per heavy atom. The van der Waals surface area contributed by atoms with Gasteiger partial charge in [0.05, 0.1) is 6.61 Å². The van der Waals surface area contributed by atoms with Gasteiger partial charge in [0.2, 0.25) is 0 Å². The summed E-state index contributed by atoms with van der Waals surface area (Å²) in [6.07, 6.45) is 3.97. The molecule has 2 fully saturated rings. The second-order valence-electron chi connectivity index (χ2n) is 7.01. The summed E-state index contributed by atoms with van der Waals surface area (Å²) >= 11 is 3.60. The van der Waals surface area contributed by atoms with Crippen LogP contribution in [0.25, 0.3) is 0 Å². The number of hydrogen-bond donors (Lipinski definition) is 1. The van der Waals surface area contributed by atoms with Crippen LogP contribution in [-0.2, 0) is 11.3 Å². The van der Waals surface area contributed by atoms with Gasteiger partial charge < -0.3 is 14.8 Å². The normalized spacial score (nSPS) is 19.8. The molecule has 0 unspecified atom stereocenters. The highest BCUT2D eigenvalue weighted by molar-refractivity contribution is 9.10. The van der Waals surface area contributed by atoms with Crippen LogP contribution in [0.2, 0.25) is 0 Å². The molecule has 142 valence electrons. The fourth-order valence-electron chi connectivity index (χ4n) is 3.94. The lowest BCUT2D eigenvalue weighted by Crippen LogP contribution is -2.38. The van der Waals surface area contributed by atoms with Crippen LogP contribution in [0.3, 0.4) is 0 Å². The maximum atomic E-state index is 5.96. The Morgan fingerprint density at radius 2 is 2.00 bits per heavy atom. The molecule has 25 heavy (non-hydrogen) atoms. The first-order valence-electron chi connectivity index (χ1n) is 9.13. The van der Waals surface area contributed by atoms with E-state index in [-0.39, 0.29) is 12.4 Å². The molecular formula is C19H30BrClN2O2. The van der Waals surface area contributed by atoms with Gasteiger partial charge in [-0.1, -0.05) is 15.9 Å². The highest BCUT2D eigenvalue weighted by atomic mass is 79.9. The summed E-state index contributed by atoms with van der Waals surface area (Å²) in [5, 5.41) is 3.49. The van der Waals surface area contributed by atoms with Crippen molar-refractivity contribution in [3.63, 3.8) is 0 Å².